The molecule has 1 unspecified atom stereocenters. The van der Waals surface area contributed by atoms with Crippen LogP contribution >= 0.6 is 0 Å². The highest BCUT2D eigenvalue weighted by molar-refractivity contribution is 5.38. The predicted octanol–water partition coefficient (Wildman–Crippen LogP) is 2.96. The molecule has 1 aliphatic carbocycles. The summed E-state index contributed by atoms with van der Waals surface area (Å²) in [6.07, 6.45) is 5.08. The maximum atomic E-state index is 9.60. The van der Waals surface area contributed by atoms with Gasteiger partial charge < -0.3 is 15.2 Å². The van der Waals surface area contributed by atoms with E-state index in [2.05, 4.69) is 10.3 Å². The molecule has 0 amide bonds. The molecule has 1 heterocycles. The van der Waals surface area contributed by atoms with E-state index in [1.165, 1.54) is 11.1 Å². The summed E-state index contributed by atoms with van der Waals surface area (Å²) in [5, 5.41) is 13.2. The number of nitrogens with one attached hydrogen (secondary N) is 1. The van der Waals surface area contributed by atoms with Crippen molar-refractivity contribution >= 4 is 0 Å². The van der Waals surface area contributed by atoms with Crippen molar-refractivity contribution in [2.45, 2.75) is 31.8 Å². The highest BCUT2D eigenvalue weighted by Gasteiger charge is 2.19. The summed E-state index contributed by atoms with van der Waals surface area (Å²) < 4.78 is 5.15. The first-order valence-electron chi connectivity index (χ1n) is 7.30. The van der Waals surface area contributed by atoms with Crippen LogP contribution in [0.15, 0.2) is 36.5 Å². The van der Waals surface area contributed by atoms with Gasteiger partial charge in [-0.3, -0.25) is 0 Å². The van der Waals surface area contributed by atoms with Crippen molar-refractivity contribution in [2.75, 3.05) is 7.11 Å². The number of hydrogen-bond donors (Lipinski definition) is 2. The van der Waals surface area contributed by atoms with Crippen molar-refractivity contribution in [2.24, 2.45) is 0 Å². The summed E-state index contributed by atoms with van der Waals surface area (Å²) in [7, 11) is 1.63. The normalized spacial score (nSPS) is 17.3. The fourth-order valence-electron chi connectivity index (χ4n) is 2.93. The van der Waals surface area contributed by atoms with E-state index in [9.17, 15) is 5.11 Å². The fraction of sp³-hybridized carbons (Fsp3) is 0.353. The van der Waals surface area contributed by atoms with Gasteiger partial charge in [0.1, 0.15) is 5.75 Å². The molecule has 21 heavy (non-hydrogen) atoms. The minimum Gasteiger partial charge on any atom is -0.508 e. The number of ether oxygens (including phenoxy) is 1. The third kappa shape index (κ3) is 3.16. The Hall–Kier alpha value is -2.07. The summed E-state index contributed by atoms with van der Waals surface area (Å²) in [6, 6.07) is 9.99. The molecule has 0 aliphatic heterocycles. The SMILES string of the molecule is COc1cc(CNC2CCCc3cc(O)ccc32)ccn1. The number of phenols is 1. The van der Waals surface area contributed by atoms with Crippen LogP contribution in [0, 0.1) is 0 Å². The van der Waals surface area contributed by atoms with Gasteiger partial charge in [-0.2, -0.15) is 0 Å². The average molecular weight is 284 g/mol. The number of aromatic nitrogens is 1. The molecule has 0 bridgehead atoms. The smallest absolute Gasteiger partial charge is 0.213 e. The molecule has 1 atom stereocenters. The van der Waals surface area contributed by atoms with E-state index in [0.717, 1.165) is 31.4 Å². The number of fused-ring (bicyclic) bond motifs is 1. The van der Waals surface area contributed by atoms with Crippen molar-refractivity contribution in [3.63, 3.8) is 0 Å². The number of pyridine rings is 1. The van der Waals surface area contributed by atoms with Crippen molar-refractivity contribution in [1.29, 1.82) is 0 Å². The lowest BCUT2D eigenvalue weighted by molar-refractivity contribution is 0.396. The van der Waals surface area contributed by atoms with Gasteiger partial charge in [0.15, 0.2) is 0 Å². The number of aryl methyl sites for hydroxylation is 1. The molecule has 1 aromatic carbocycles. The lowest BCUT2D eigenvalue weighted by Crippen LogP contribution is -2.24. The van der Waals surface area contributed by atoms with Gasteiger partial charge in [-0.1, -0.05) is 6.07 Å². The van der Waals surface area contributed by atoms with Crippen molar-refractivity contribution in [3.05, 3.63) is 53.2 Å². The van der Waals surface area contributed by atoms with Crippen LogP contribution < -0.4 is 10.1 Å². The molecular formula is C17H20N2O2. The van der Waals surface area contributed by atoms with Gasteiger partial charge in [-0.05, 0) is 54.2 Å². The molecule has 0 radical (unpaired) electrons. The van der Waals surface area contributed by atoms with E-state index in [0.29, 0.717) is 17.7 Å². The van der Waals surface area contributed by atoms with Crippen molar-refractivity contribution in [1.82, 2.24) is 10.3 Å². The maximum absolute atomic E-state index is 9.60. The van der Waals surface area contributed by atoms with Crippen LogP contribution in [0.1, 0.15) is 35.6 Å². The Morgan fingerprint density at radius 3 is 3.10 bits per heavy atom. The lowest BCUT2D eigenvalue weighted by atomic mass is 9.87. The molecule has 0 saturated heterocycles. The van der Waals surface area contributed by atoms with Gasteiger partial charge in [0.05, 0.1) is 7.11 Å². The second-order valence-corrected chi connectivity index (χ2v) is 5.42. The lowest BCUT2D eigenvalue weighted by Gasteiger charge is -2.26. The third-order valence-electron chi connectivity index (χ3n) is 4.00. The molecule has 0 fully saturated rings. The van der Waals surface area contributed by atoms with Crippen LogP contribution in [0.5, 0.6) is 11.6 Å². The zero-order valence-corrected chi connectivity index (χ0v) is 12.2. The molecule has 2 aromatic rings. The second kappa shape index (κ2) is 6.14. The van der Waals surface area contributed by atoms with E-state index in [1.54, 1.807) is 19.4 Å². The first kappa shape index (κ1) is 13.9. The maximum Gasteiger partial charge on any atom is 0.213 e. The topological polar surface area (TPSA) is 54.4 Å². The minimum atomic E-state index is 0.341. The summed E-state index contributed by atoms with van der Waals surface area (Å²) >= 11 is 0. The number of methoxy groups -OCH3 is 1. The fourth-order valence-corrected chi connectivity index (χ4v) is 2.93. The molecule has 110 valence electrons. The Kier molecular flexibility index (Phi) is 4.06. The molecule has 0 spiro atoms. The predicted molar refractivity (Wildman–Crippen MR) is 81.4 cm³/mol. The van der Waals surface area contributed by atoms with Crippen LogP contribution in [-0.2, 0) is 13.0 Å². The van der Waals surface area contributed by atoms with Crippen molar-refractivity contribution in [3.8, 4) is 11.6 Å². The first-order valence-corrected chi connectivity index (χ1v) is 7.30. The van der Waals surface area contributed by atoms with Crippen LogP contribution in [-0.4, -0.2) is 17.2 Å². The summed E-state index contributed by atoms with van der Waals surface area (Å²) in [6.45, 7) is 0.782. The van der Waals surface area contributed by atoms with E-state index in [1.807, 2.05) is 24.3 Å². The zero-order valence-electron chi connectivity index (χ0n) is 12.2. The number of rotatable bonds is 4. The Morgan fingerprint density at radius 2 is 2.24 bits per heavy atom. The largest absolute Gasteiger partial charge is 0.508 e. The van der Waals surface area contributed by atoms with E-state index < -0.39 is 0 Å². The molecule has 1 aliphatic rings. The number of aromatic hydroxyl groups is 1. The standard InChI is InChI=1S/C17H20N2O2/c1-21-17-9-12(7-8-18-17)11-19-16-4-2-3-13-10-14(20)5-6-15(13)16/h5-10,16,19-20H,2-4,11H2,1H3. The highest BCUT2D eigenvalue weighted by Crippen LogP contribution is 2.32. The van der Waals surface area contributed by atoms with Crippen LogP contribution in [0.3, 0.4) is 0 Å². The van der Waals surface area contributed by atoms with Gasteiger partial charge in [-0.15, -0.1) is 0 Å². The number of hydrogen-bond acceptors (Lipinski definition) is 4. The van der Waals surface area contributed by atoms with Gasteiger partial charge >= 0.3 is 0 Å². The first-order chi connectivity index (χ1) is 10.3. The number of nitrogens with zero attached hydrogens (tertiary/aromatic N) is 1. The number of phenolic OH excluding ortho intramolecular Hbond substituents is 1. The van der Waals surface area contributed by atoms with Crippen LogP contribution in [0.4, 0.5) is 0 Å². The Bertz CT molecular complexity index is 628. The molecule has 2 N–H and O–H groups in total. The Balaban J connectivity index is 1.71. The minimum absolute atomic E-state index is 0.341. The Morgan fingerprint density at radius 1 is 1.33 bits per heavy atom. The van der Waals surface area contributed by atoms with E-state index in [-0.39, 0.29) is 0 Å². The summed E-state index contributed by atoms with van der Waals surface area (Å²) in [5.41, 5.74) is 3.72. The summed E-state index contributed by atoms with van der Waals surface area (Å²) in [5.74, 6) is 0.997. The molecule has 4 heteroatoms. The second-order valence-electron chi connectivity index (χ2n) is 5.42. The molecule has 4 nitrogen and oxygen atoms in total. The zero-order chi connectivity index (χ0) is 14.7. The summed E-state index contributed by atoms with van der Waals surface area (Å²) in [4.78, 5) is 4.12. The molecule has 1 aromatic heterocycles. The van der Waals surface area contributed by atoms with Gasteiger partial charge in [0.25, 0.3) is 0 Å². The van der Waals surface area contributed by atoms with Gasteiger partial charge in [0.2, 0.25) is 5.88 Å². The third-order valence-corrected chi connectivity index (χ3v) is 4.00. The average Bonchev–Trinajstić information content (AvgIpc) is 2.52. The Labute approximate surface area is 124 Å². The quantitative estimate of drug-likeness (QED) is 0.906. The van der Waals surface area contributed by atoms with Crippen molar-refractivity contribution < 1.29 is 9.84 Å². The van der Waals surface area contributed by atoms with Gasteiger partial charge in [0, 0.05) is 24.8 Å². The molecule has 0 saturated carbocycles. The van der Waals surface area contributed by atoms with Crippen LogP contribution in [0.2, 0.25) is 0 Å². The molecular weight excluding hydrogens is 264 g/mol. The van der Waals surface area contributed by atoms with E-state index >= 15 is 0 Å². The van der Waals surface area contributed by atoms with Gasteiger partial charge in [-0.25, -0.2) is 4.98 Å². The monoisotopic (exact) mass is 284 g/mol. The molecule has 3 rings (SSSR count). The van der Waals surface area contributed by atoms with Crippen LogP contribution in [0.25, 0.3) is 0 Å². The number of benzene rings is 1. The van der Waals surface area contributed by atoms with E-state index in [4.69, 9.17) is 4.74 Å². The highest BCUT2D eigenvalue weighted by atomic mass is 16.5.